The van der Waals surface area contributed by atoms with E-state index in [-0.39, 0.29) is 18.4 Å². The molecule has 1 fully saturated rings. The van der Waals surface area contributed by atoms with Gasteiger partial charge in [-0.15, -0.1) is 0 Å². The van der Waals surface area contributed by atoms with Crippen molar-refractivity contribution in [3.8, 4) is 0 Å². The quantitative estimate of drug-likeness (QED) is 0.491. The van der Waals surface area contributed by atoms with E-state index in [1.165, 1.54) is 0 Å². The number of carbonyl (C=O) groups excluding carboxylic acids is 1. The maximum atomic E-state index is 11.8. The number of aliphatic hydroxyl groups is 1. The van der Waals surface area contributed by atoms with E-state index in [2.05, 4.69) is 15.0 Å². The highest BCUT2D eigenvalue weighted by Gasteiger charge is 2.30. The van der Waals surface area contributed by atoms with Gasteiger partial charge in [0.1, 0.15) is 5.82 Å². The number of nitrogens with zero attached hydrogens (tertiary/aromatic N) is 5. The van der Waals surface area contributed by atoms with Crippen molar-refractivity contribution in [3.63, 3.8) is 0 Å². The molecule has 0 saturated carbocycles. The first kappa shape index (κ1) is 12.3. The van der Waals surface area contributed by atoms with Crippen LogP contribution in [0, 0.1) is 5.92 Å². The van der Waals surface area contributed by atoms with E-state index in [0.717, 1.165) is 0 Å². The Morgan fingerprint density at radius 3 is 3.17 bits per heavy atom. The minimum Gasteiger partial charge on any atom is -0.390 e. The topological polar surface area (TPSA) is 102 Å². The molecule has 1 aromatic heterocycles. The maximum Gasteiger partial charge on any atom is 0.228 e. The summed E-state index contributed by atoms with van der Waals surface area (Å²) in [7, 11) is 0. The van der Waals surface area contributed by atoms with Gasteiger partial charge in [-0.2, -0.15) is 0 Å². The molecular formula is C11H13N5O2. The highest BCUT2D eigenvalue weighted by atomic mass is 16.3. The average Bonchev–Trinajstić information content (AvgIpc) is 2.77. The normalized spacial score (nSPS) is 18.8. The fraction of sp³-hybridized carbons (Fsp3) is 0.455. The lowest BCUT2D eigenvalue weighted by Gasteiger charge is -2.15. The molecule has 1 atom stereocenters. The number of amides is 1. The van der Waals surface area contributed by atoms with Gasteiger partial charge >= 0.3 is 0 Å². The molecule has 0 bridgehead atoms. The number of anilines is 1. The number of carbonyl (C=O) groups is 1. The lowest BCUT2D eigenvalue weighted by molar-refractivity contribution is -0.117. The minimum absolute atomic E-state index is 0.0317. The van der Waals surface area contributed by atoms with Crippen LogP contribution in [0.1, 0.15) is 12.1 Å². The van der Waals surface area contributed by atoms with E-state index in [1.807, 2.05) is 0 Å². The highest BCUT2D eigenvalue weighted by Crippen LogP contribution is 2.23. The van der Waals surface area contributed by atoms with Gasteiger partial charge in [0.15, 0.2) is 0 Å². The highest BCUT2D eigenvalue weighted by molar-refractivity contribution is 5.94. The molecule has 18 heavy (non-hydrogen) atoms. The van der Waals surface area contributed by atoms with Crippen LogP contribution in [0.15, 0.2) is 23.3 Å². The lowest BCUT2D eigenvalue weighted by Crippen LogP contribution is -2.26. The summed E-state index contributed by atoms with van der Waals surface area (Å²) in [6.07, 6.45) is 0.365. The van der Waals surface area contributed by atoms with Crippen molar-refractivity contribution < 1.29 is 9.90 Å². The molecule has 2 heterocycles. The SMILES string of the molecule is [N-]=[N+]=NCC1CC(=O)N(c2cccc(CO)n2)C1. The maximum absolute atomic E-state index is 11.8. The van der Waals surface area contributed by atoms with E-state index in [0.29, 0.717) is 31.0 Å². The molecule has 2 rings (SSSR count). The summed E-state index contributed by atoms with van der Waals surface area (Å²) in [6, 6.07) is 5.18. The van der Waals surface area contributed by atoms with Crippen molar-refractivity contribution in [2.75, 3.05) is 18.0 Å². The Kier molecular flexibility index (Phi) is 3.76. The molecule has 1 unspecified atom stereocenters. The van der Waals surface area contributed by atoms with Crippen LogP contribution in [-0.2, 0) is 11.4 Å². The molecule has 0 aromatic carbocycles. The number of aliphatic hydroxyl groups excluding tert-OH is 1. The van der Waals surface area contributed by atoms with E-state index in [4.69, 9.17) is 10.6 Å². The van der Waals surface area contributed by atoms with Crippen LogP contribution in [0.25, 0.3) is 10.4 Å². The van der Waals surface area contributed by atoms with Gasteiger partial charge in [-0.25, -0.2) is 4.98 Å². The van der Waals surface area contributed by atoms with Crippen molar-refractivity contribution in [2.24, 2.45) is 11.0 Å². The van der Waals surface area contributed by atoms with Gasteiger partial charge < -0.3 is 5.11 Å². The number of pyridine rings is 1. The summed E-state index contributed by atoms with van der Waals surface area (Å²) in [5, 5.41) is 12.5. The van der Waals surface area contributed by atoms with E-state index in [9.17, 15) is 4.79 Å². The van der Waals surface area contributed by atoms with Gasteiger partial charge in [0, 0.05) is 24.4 Å². The third kappa shape index (κ3) is 2.58. The van der Waals surface area contributed by atoms with Crippen molar-refractivity contribution in [1.29, 1.82) is 0 Å². The molecule has 0 radical (unpaired) electrons. The Morgan fingerprint density at radius 2 is 2.44 bits per heavy atom. The molecule has 94 valence electrons. The van der Waals surface area contributed by atoms with Crippen LogP contribution in [0.5, 0.6) is 0 Å². The molecule has 1 amide bonds. The summed E-state index contributed by atoms with van der Waals surface area (Å²) in [5.41, 5.74) is 8.79. The summed E-state index contributed by atoms with van der Waals surface area (Å²) < 4.78 is 0. The van der Waals surface area contributed by atoms with Crippen molar-refractivity contribution in [2.45, 2.75) is 13.0 Å². The molecular weight excluding hydrogens is 234 g/mol. The monoisotopic (exact) mass is 247 g/mol. The summed E-state index contributed by atoms with van der Waals surface area (Å²) >= 11 is 0. The number of rotatable bonds is 4. The number of hydrogen-bond acceptors (Lipinski definition) is 4. The van der Waals surface area contributed by atoms with Gasteiger partial charge in [-0.05, 0) is 23.6 Å². The zero-order valence-corrected chi connectivity index (χ0v) is 9.73. The minimum atomic E-state index is -0.155. The molecule has 1 aliphatic rings. The van der Waals surface area contributed by atoms with Crippen LogP contribution in [-0.4, -0.2) is 29.1 Å². The molecule has 1 aromatic rings. The Balaban J connectivity index is 2.13. The van der Waals surface area contributed by atoms with Gasteiger partial charge in [-0.3, -0.25) is 9.69 Å². The molecule has 0 aliphatic carbocycles. The number of aromatic nitrogens is 1. The third-order valence-corrected chi connectivity index (χ3v) is 2.84. The second kappa shape index (κ2) is 5.48. The summed E-state index contributed by atoms with van der Waals surface area (Å²) in [5.74, 6) is 0.540. The van der Waals surface area contributed by atoms with Gasteiger partial charge in [0.25, 0.3) is 0 Å². The number of azide groups is 1. The molecule has 7 heteroatoms. The fourth-order valence-corrected chi connectivity index (χ4v) is 1.98. The van der Waals surface area contributed by atoms with E-state index in [1.54, 1.807) is 23.1 Å². The van der Waals surface area contributed by atoms with Crippen molar-refractivity contribution in [1.82, 2.24) is 4.98 Å². The van der Waals surface area contributed by atoms with Gasteiger partial charge in [0.05, 0.1) is 12.3 Å². The van der Waals surface area contributed by atoms with E-state index >= 15 is 0 Å². The predicted octanol–water partition coefficient (Wildman–Crippen LogP) is 1.24. The molecule has 0 spiro atoms. The Bertz CT molecular complexity index is 498. The first-order valence-electron chi connectivity index (χ1n) is 5.62. The lowest BCUT2D eigenvalue weighted by atomic mass is 10.1. The second-order valence-corrected chi connectivity index (χ2v) is 4.13. The second-order valence-electron chi connectivity index (χ2n) is 4.13. The first-order valence-corrected chi connectivity index (χ1v) is 5.62. The fourth-order valence-electron chi connectivity index (χ4n) is 1.98. The van der Waals surface area contributed by atoms with Crippen LogP contribution < -0.4 is 4.90 Å². The average molecular weight is 247 g/mol. The molecule has 1 N–H and O–H groups in total. The van der Waals surface area contributed by atoms with Crippen LogP contribution in [0.2, 0.25) is 0 Å². The van der Waals surface area contributed by atoms with Crippen LogP contribution >= 0.6 is 0 Å². The molecule has 7 nitrogen and oxygen atoms in total. The standard InChI is InChI=1S/C11H13N5O2/c12-15-13-5-8-4-11(18)16(6-8)10-3-1-2-9(7-17)14-10/h1-3,8,17H,4-7H2. The smallest absolute Gasteiger partial charge is 0.228 e. The van der Waals surface area contributed by atoms with Crippen molar-refractivity contribution >= 4 is 11.7 Å². The largest absolute Gasteiger partial charge is 0.390 e. The Labute approximate surface area is 104 Å². The zero-order chi connectivity index (χ0) is 13.0. The Morgan fingerprint density at radius 1 is 1.61 bits per heavy atom. The van der Waals surface area contributed by atoms with Crippen LogP contribution in [0.4, 0.5) is 5.82 Å². The summed E-state index contributed by atoms with van der Waals surface area (Å²) in [6.45, 7) is 0.663. The predicted molar refractivity (Wildman–Crippen MR) is 64.6 cm³/mol. The summed E-state index contributed by atoms with van der Waals surface area (Å²) in [4.78, 5) is 20.3. The third-order valence-electron chi connectivity index (χ3n) is 2.84. The van der Waals surface area contributed by atoms with Crippen LogP contribution in [0.3, 0.4) is 0 Å². The number of hydrogen-bond donors (Lipinski definition) is 1. The Hall–Kier alpha value is -2.11. The molecule has 1 aliphatic heterocycles. The first-order chi connectivity index (χ1) is 8.74. The molecule has 1 saturated heterocycles. The van der Waals surface area contributed by atoms with Crippen molar-refractivity contribution in [3.05, 3.63) is 34.3 Å². The van der Waals surface area contributed by atoms with E-state index < -0.39 is 0 Å². The van der Waals surface area contributed by atoms with Gasteiger partial charge in [0.2, 0.25) is 5.91 Å². The zero-order valence-electron chi connectivity index (χ0n) is 9.73. The van der Waals surface area contributed by atoms with Gasteiger partial charge in [-0.1, -0.05) is 11.2 Å².